The molecule has 0 fully saturated rings. The lowest BCUT2D eigenvalue weighted by atomic mass is 10.3. The fourth-order valence-electron chi connectivity index (χ4n) is 1.12. The van der Waals surface area contributed by atoms with E-state index in [9.17, 15) is 22.8 Å². The molecule has 0 spiro atoms. The van der Waals surface area contributed by atoms with Gasteiger partial charge in [-0.25, -0.2) is 9.36 Å². The molecule has 1 rings (SSSR count). The van der Waals surface area contributed by atoms with Gasteiger partial charge in [0.05, 0.1) is 0 Å². The third kappa shape index (κ3) is 2.31. The second kappa shape index (κ2) is 3.84. The van der Waals surface area contributed by atoms with Crippen molar-refractivity contribution < 1.29 is 13.2 Å². The van der Waals surface area contributed by atoms with Crippen LogP contribution in [0.25, 0.3) is 0 Å². The maximum Gasteiger partial charge on any atom is 0.406 e. The Balaban J connectivity index is 3.51. The highest BCUT2D eigenvalue weighted by Gasteiger charge is 2.30. The molecule has 0 aliphatic rings. The molecule has 0 N–H and O–H groups in total. The largest absolute Gasteiger partial charge is 0.406 e. The minimum Gasteiger partial charge on any atom is -0.302 e. The van der Waals surface area contributed by atoms with Gasteiger partial charge >= 0.3 is 11.9 Å². The lowest BCUT2D eigenvalue weighted by molar-refractivity contribution is -0.142. The SMILES string of the molecule is Cn1cc(C#N)c(=O)n(CC(F)(F)F)c1=O. The summed E-state index contributed by atoms with van der Waals surface area (Å²) in [5.41, 5.74) is -2.85. The summed E-state index contributed by atoms with van der Waals surface area (Å²) in [6.07, 6.45) is -3.79. The van der Waals surface area contributed by atoms with Crippen molar-refractivity contribution in [2.45, 2.75) is 12.7 Å². The molecule has 0 radical (unpaired) electrons. The van der Waals surface area contributed by atoms with E-state index in [1.807, 2.05) is 0 Å². The molecule has 86 valence electrons. The maximum atomic E-state index is 12.1. The van der Waals surface area contributed by atoms with Crippen LogP contribution in [0.3, 0.4) is 0 Å². The second-order valence-electron chi connectivity index (χ2n) is 3.05. The Morgan fingerprint density at radius 3 is 2.44 bits per heavy atom. The average Bonchev–Trinajstić information content (AvgIpc) is 2.17. The first kappa shape index (κ1) is 12.0. The quantitative estimate of drug-likeness (QED) is 0.684. The lowest BCUT2D eigenvalue weighted by Gasteiger charge is -2.09. The predicted octanol–water partition coefficient (Wildman–Crippen LogP) is -0.0190. The van der Waals surface area contributed by atoms with Crippen molar-refractivity contribution in [1.82, 2.24) is 9.13 Å². The van der Waals surface area contributed by atoms with Gasteiger partial charge in [0.1, 0.15) is 18.2 Å². The van der Waals surface area contributed by atoms with Crippen LogP contribution in [0.5, 0.6) is 0 Å². The zero-order valence-electron chi connectivity index (χ0n) is 8.08. The molecule has 0 bridgehead atoms. The summed E-state index contributed by atoms with van der Waals surface area (Å²) in [5.74, 6) is 0. The molecule has 0 atom stereocenters. The van der Waals surface area contributed by atoms with Gasteiger partial charge in [0.2, 0.25) is 0 Å². The lowest BCUT2D eigenvalue weighted by Crippen LogP contribution is -2.43. The van der Waals surface area contributed by atoms with Gasteiger partial charge < -0.3 is 4.57 Å². The molecule has 0 saturated heterocycles. The molecular weight excluding hydrogens is 227 g/mol. The van der Waals surface area contributed by atoms with Crippen molar-refractivity contribution >= 4 is 0 Å². The molecule has 1 aromatic rings. The Labute approximate surface area is 87.0 Å². The molecular formula is C8H6F3N3O2. The molecule has 0 aromatic carbocycles. The molecule has 0 aliphatic heterocycles. The smallest absolute Gasteiger partial charge is 0.302 e. The normalized spacial score (nSPS) is 11.2. The van der Waals surface area contributed by atoms with Crippen molar-refractivity contribution in [3.63, 3.8) is 0 Å². The Bertz CT molecular complexity index is 562. The van der Waals surface area contributed by atoms with Crippen molar-refractivity contribution in [1.29, 1.82) is 5.26 Å². The number of hydrogen-bond donors (Lipinski definition) is 0. The number of nitrogens with zero attached hydrogens (tertiary/aromatic N) is 3. The first-order chi connectivity index (χ1) is 7.26. The number of aromatic nitrogens is 2. The summed E-state index contributed by atoms with van der Waals surface area (Å²) in [4.78, 5) is 22.5. The van der Waals surface area contributed by atoms with Gasteiger partial charge in [-0.2, -0.15) is 18.4 Å². The Hall–Kier alpha value is -2.04. The van der Waals surface area contributed by atoms with Crippen LogP contribution < -0.4 is 11.2 Å². The van der Waals surface area contributed by atoms with E-state index in [-0.39, 0.29) is 4.57 Å². The zero-order chi connectivity index (χ0) is 12.5. The van der Waals surface area contributed by atoms with Crippen molar-refractivity contribution in [2.75, 3.05) is 0 Å². The molecule has 1 aromatic heterocycles. The summed E-state index contributed by atoms with van der Waals surface area (Å²) in [5, 5.41) is 8.50. The van der Waals surface area contributed by atoms with Crippen LogP contribution in [-0.4, -0.2) is 15.3 Å². The minimum absolute atomic E-state index is 0.0153. The number of rotatable bonds is 1. The summed E-state index contributed by atoms with van der Waals surface area (Å²) in [6.45, 7) is -1.70. The summed E-state index contributed by atoms with van der Waals surface area (Å²) >= 11 is 0. The van der Waals surface area contributed by atoms with Gasteiger partial charge in [0.15, 0.2) is 0 Å². The summed E-state index contributed by atoms with van der Waals surface area (Å²) < 4.78 is 37.0. The monoisotopic (exact) mass is 233 g/mol. The second-order valence-corrected chi connectivity index (χ2v) is 3.05. The highest BCUT2D eigenvalue weighted by Crippen LogP contribution is 2.15. The van der Waals surface area contributed by atoms with Gasteiger partial charge in [-0.1, -0.05) is 0 Å². The summed E-state index contributed by atoms with van der Waals surface area (Å²) in [6, 6.07) is 1.43. The van der Waals surface area contributed by atoms with E-state index in [4.69, 9.17) is 5.26 Å². The fourth-order valence-corrected chi connectivity index (χ4v) is 1.12. The highest BCUT2D eigenvalue weighted by atomic mass is 19.4. The molecule has 0 saturated carbocycles. The third-order valence-electron chi connectivity index (χ3n) is 1.79. The van der Waals surface area contributed by atoms with E-state index in [1.165, 1.54) is 6.07 Å². The first-order valence-corrected chi connectivity index (χ1v) is 4.03. The van der Waals surface area contributed by atoms with Crippen LogP contribution in [0, 0.1) is 11.3 Å². The molecule has 0 aliphatic carbocycles. The average molecular weight is 233 g/mol. The number of hydrogen-bond acceptors (Lipinski definition) is 3. The van der Waals surface area contributed by atoms with Crippen molar-refractivity contribution in [3.8, 4) is 6.07 Å². The number of alkyl halides is 3. The van der Waals surface area contributed by atoms with E-state index in [0.717, 1.165) is 17.8 Å². The molecule has 5 nitrogen and oxygen atoms in total. The van der Waals surface area contributed by atoms with E-state index in [1.54, 1.807) is 0 Å². The van der Waals surface area contributed by atoms with Crippen LogP contribution in [0.15, 0.2) is 15.8 Å². The zero-order valence-corrected chi connectivity index (χ0v) is 8.08. The Morgan fingerprint density at radius 1 is 1.44 bits per heavy atom. The van der Waals surface area contributed by atoms with E-state index >= 15 is 0 Å². The minimum atomic E-state index is -4.69. The number of nitriles is 1. The van der Waals surface area contributed by atoms with Gasteiger partial charge in [-0.05, 0) is 0 Å². The van der Waals surface area contributed by atoms with Crippen LogP contribution in [-0.2, 0) is 13.6 Å². The van der Waals surface area contributed by atoms with Crippen LogP contribution in [0.1, 0.15) is 5.56 Å². The number of halogens is 3. The van der Waals surface area contributed by atoms with E-state index in [2.05, 4.69) is 0 Å². The molecule has 1 heterocycles. The van der Waals surface area contributed by atoms with E-state index in [0.29, 0.717) is 0 Å². The standard InChI is InChI=1S/C8H6F3N3O2/c1-13-3-5(2-12)6(15)14(7(13)16)4-8(9,10)11/h3H,4H2,1H3. The summed E-state index contributed by atoms with van der Waals surface area (Å²) in [7, 11) is 1.16. The molecule has 8 heteroatoms. The van der Waals surface area contributed by atoms with Gasteiger partial charge in [-0.3, -0.25) is 4.79 Å². The Kier molecular flexibility index (Phi) is 2.89. The van der Waals surface area contributed by atoms with Crippen LogP contribution >= 0.6 is 0 Å². The van der Waals surface area contributed by atoms with Gasteiger partial charge in [0, 0.05) is 13.2 Å². The highest BCUT2D eigenvalue weighted by molar-refractivity contribution is 5.22. The van der Waals surface area contributed by atoms with Crippen molar-refractivity contribution in [2.24, 2.45) is 7.05 Å². The van der Waals surface area contributed by atoms with Crippen LogP contribution in [0.2, 0.25) is 0 Å². The van der Waals surface area contributed by atoms with Crippen molar-refractivity contribution in [3.05, 3.63) is 32.6 Å². The third-order valence-corrected chi connectivity index (χ3v) is 1.79. The molecule has 16 heavy (non-hydrogen) atoms. The van der Waals surface area contributed by atoms with Gasteiger partial charge in [0.25, 0.3) is 5.56 Å². The molecule has 0 unspecified atom stereocenters. The Morgan fingerprint density at radius 2 is 2.00 bits per heavy atom. The topological polar surface area (TPSA) is 67.8 Å². The van der Waals surface area contributed by atoms with Gasteiger partial charge in [-0.15, -0.1) is 0 Å². The maximum absolute atomic E-state index is 12.1. The number of aryl methyl sites for hydroxylation is 1. The first-order valence-electron chi connectivity index (χ1n) is 4.03. The fraction of sp³-hybridized carbons (Fsp3) is 0.375. The molecule has 0 amide bonds. The van der Waals surface area contributed by atoms with Crippen LogP contribution in [0.4, 0.5) is 13.2 Å². The van der Waals surface area contributed by atoms with E-state index < -0.39 is 29.5 Å². The predicted molar refractivity (Wildman–Crippen MR) is 46.7 cm³/mol.